The lowest BCUT2D eigenvalue weighted by molar-refractivity contribution is -0.138. The zero-order valence-electron chi connectivity index (χ0n) is 22.5. The number of ketones is 1. The minimum atomic E-state index is -1.01. The first-order valence-corrected chi connectivity index (χ1v) is 13.3. The van der Waals surface area contributed by atoms with Crippen molar-refractivity contribution in [3.8, 4) is 0 Å². The van der Waals surface area contributed by atoms with E-state index in [4.69, 9.17) is 5.11 Å². The zero-order valence-corrected chi connectivity index (χ0v) is 22.5. The summed E-state index contributed by atoms with van der Waals surface area (Å²) in [5.41, 5.74) is 1.80. The average Bonchev–Trinajstić information content (AvgIpc) is 2.98. The van der Waals surface area contributed by atoms with Crippen molar-refractivity contribution < 1.29 is 24.9 Å². The van der Waals surface area contributed by atoms with E-state index >= 15 is 0 Å². The molecule has 0 aromatic rings. The standard InChI is InChI=1S/C30H44O5/c1-17(14-19(31)15-18(2)26(34)35)22-16-25(33)30(7)21-8-9-23-27(3,4)24(32)11-12-28(23,5)20(21)10-13-29(22,30)6/h8,10,15,17,19,22-23,25,31,33H,9,11-14,16H2,1-7H3,(H,34,35)/b18-15+/t17-,19?,22-,23+,25+,28-,29-,30-/m1/s1. The van der Waals surface area contributed by atoms with Crippen LogP contribution in [0.5, 0.6) is 0 Å². The Hall–Kier alpha value is -1.72. The third-order valence-electron chi connectivity index (χ3n) is 11.2. The maximum atomic E-state index is 12.8. The number of rotatable bonds is 5. The van der Waals surface area contributed by atoms with Crippen LogP contribution in [0.25, 0.3) is 0 Å². The molecule has 0 spiro atoms. The number of Topliss-reactive ketones (excluding diaryl/α,β-unsaturated/α-hetero) is 1. The van der Waals surface area contributed by atoms with Crippen LogP contribution in [0, 0.1) is 39.4 Å². The third-order valence-corrected chi connectivity index (χ3v) is 11.2. The Kier molecular flexibility index (Phi) is 6.33. The highest BCUT2D eigenvalue weighted by molar-refractivity contribution is 5.86. The highest BCUT2D eigenvalue weighted by Crippen LogP contribution is 2.71. The van der Waals surface area contributed by atoms with E-state index in [2.05, 4.69) is 53.7 Å². The van der Waals surface area contributed by atoms with Crippen LogP contribution in [-0.4, -0.2) is 39.3 Å². The molecule has 3 N–H and O–H groups in total. The van der Waals surface area contributed by atoms with E-state index in [0.29, 0.717) is 25.0 Å². The minimum Gasteiger partial charge on any atom is -0.478 e. The third kappa shape index (κ3) is 3.63. The van der Waals surface area contributed by atoms with Crippen molar-refractivity contribution in [2.45, 2.75) is 99.2 Å². The lowest BCUT2D eigenvalue weighted by Gasteiger charge is -2.60. The molecule has 0 saturated heterocycles. The van der Waals surface area contributed by atoms with Crippen molar-refractivity contribution in [3.05, 3.63) is 34.9 Å². The summed E-state index contributed by atoms with van der Waals surface area (Å²) in [4.78, 5) is 24.0. The summed E-state index contributed by atoms with van der Waals surface area (Å²) in [7, 11) is 0. The first-order valence-electron chi connectivity index (χ1n) is 13.3. The summed E-state index contributed by atoms with van der Waals surface area (Å²) in [5.74, 6) is -0.0554. The van der Waals surface area contributed by atoms with Gasteiger partial charge in [0.15, 0.2) is 0 Å². The number of aliphatic hydroxyl groups excluding tert-OH is 2. The monoisotopic (exact) mass is 484 g/mol. The van der Waals surface area contributed by atoms with Crippen LogP contribution in [0.3, 0.4) is 0 Å². The molecule has 4 rings (SSSR count). The molecular weight excluding hydrogens is 440 g/mol. The van der Waals surface area contributed by atoms with E-state index in [1.54, 1.807) is 0 Å². The van der Waals surface area contributed by atoms with Crippen LogP contribution < -0.4 is 0 Å². The Morgan fingerprint density at radius 2 is 1.83 bits per heavy atom. The van der Waals surface area contributed by atoms with E-state index in [1.807, 2.05) is 0 Å². The lowest BCUT2D eigenvalue weighted by atomic mass is 9.44. The Labute approximate surface area is 210 Å². The fourth-order valence-electron chi connectivity index (χ4n) is 8.73. The second-order valence-corrected chi connectivity index (χ2v) is 13.2. The molecule has 0 heterocycles. The molecule has 5 heteroatoms. The number of carboxylic acids is 1. The molecular formula is C30H44O5. The molecule has 2 fully saturated rings. The zero-order chi connectivity index (χ0) is 26.1. The van der Waals surface area contributed by atoms with Crippen LogP contribution in [0.15, 0.2) is 34.9 Å². The van der Waals surface area contributed by atoms with Gasteiger partial charge >= 0.3 is 5.97 Å². The van der Waals surface area contributed by atoms with Crippen molar-refractivity contribution in [3.63, 3.8) is 0 Å². The SMILES string of the molecule is C/C(=C\C(O)C[C@@H](C)[C@H]1C[C@H](O)[C@@]2(C)C3=CC[C@H]4C(C)(C)C(=O)CC[C@]4(C)C3=CC[C@]12C)C(=O)O. The van der Waals surface area contributed by atoms with Gasteiger partial charge in [-0.25, -0.2) is 4.79 Å². The van der Waals surface area contributed by atoms with Gasteiger partial charge in [-0.1, -0.05) is 53.7 Å². The predicted octanol–water partition coefficient (Wildman–Crippen LogP) is 5.47. The van der Waals surface area contributed by atoms with Crippen LogP contribution in [-0.2, 0) is 9.59 Å². The van der Waals surface area contributed by atoms with E-state index in [9.17, 15) is 19.8 Å². The summed E-state index contributed by atoms with van der Waals surface area (Å²) in [6, 6.07) is 0. The molecule has 0 aliphatic heterocycles. The number of allylic oxidation sites excluding steroid dienone is 3. The molecule has 1 unspecified atom stereocenters. The number of aliphatic carboxylic acids is 1. The van der Waals surface area contributed by atoms with Gasteiger partial charge in [0.25, 0.3) is 0 Å². The van der Waals surface area contributed by atoms with E-state index in [1.165, 1.54) is 24.1 Å². The summed E-state index contributed by atoms with van der Waals surface area (Å²) < 4.78 is 0. The largest absolute Gasteiger partial charge is 0.478 e. The average molecular weight is 485 g/mol. The molecule has 4 aliphatic carbocycles. The van der Waals surface area contributed by atoms with Gasteiger partial charge in [-0.2, -0.15) is 0 Å². The second-order valence-electron chi connectivity index (χ2n) is 13.2. The van der Waals surface area contributed by atoms with Crippen LogP contribution in [0.1, 0.15) is 87.0 Å². The fourth-order valence-corrected chi connectivity index (χ4v) is 8.73. The van der Waals surface area contributed by atoms with Crippen LogP contribution in [0.4, 0.5) is 0 Å². The Morgan fingerprint density at radius 1 is 1.17 bits per heavy atom. The molecule has 0 aromatic carbocycles. The number of carboxylic acid groups (broad SMARTS) is 1. The molecule has 4 aliphatic rings. The van der Waals surface area contributed by atoms with Crippen LogP contribution in [0.2, 0.25) is 0 Å². The molecule has 35 heavy (non-hydrogen) atoms. The normalized spacial score (nSPS) is 42.3. The van der Waals surface area contributed by atoms with Crippen molar-refractivity contribution in [2.75, 3.05) is 0 Å². The maximum absolute atomic E-state index is 12.8. The van der Waals surface area contributed by atoms with Gasteiger partial charge in [0.05, 0.1) is 12.2 Å². The van der Waals surface area contributed by atoms with Gasteiger partial charge in [-0.3, -0.25) is 4.79 Å². The number of carbonyl (C=O) groups is 2. The maximum Gasteiger partial charge on any atom is 0.331 e. The Bertz CT molecular complexity index is 1020. The summed E-state index contributed by atoms with van der Waals surface area (Å²) >= 11 is 0. The number of carbonyl (C=O) groups excluding carboxylic acids is 1. The van der Waals surface area contributed by atoms with Crippen LogP contribution >= 0.6 is 0 Å². The lowest BCUT2D eigenvalue weighted by Crippen LogP contribution is -2.54. The van der Waals surface area contributed by atoms with Crippen molar-refractivity contribution >= 4 is 11.8 Å². The van der Waals surface area contributed by atoms with Gasteiger partial charge in [0, 0.05) is 22.8 Å². The van der Waals surface area contributed by atoms with Crippen molar-refractivity contribution in [2.24, 2.45) is 39.4 Å². The predicted molar refractivity (Wildman–Crippen MR) is 137 cm³/mol. The van der Waals surface area contributed by atoms with Gasteiger partial charge in [-0.05, 0) is 84.8 Å². The van der Waals surface area contributed by atoms with E-state index < -0.39 is 23.6 Å². The fraction of sp³-hybridized carbons (Fsp3) is 0.733. The highest BCUT2D eigenvalue weighted by Gasteiger charge is 2.66. The summed E-state index contributed by atoms with van der Waals surface area (Å²) in [6.07, 6.45) is 9.22. The number of fused-ring (bicyclic) bond motifs is 5. The van der Waals surface area contributed by atoms with Gasteiger partial charge in [0.1, 0.15) is 5.78 Å². The first kappa shape index (κ1) is 26.3. The topological polar surface area (TPSA) is 94.8 Å². The van der Waals surface area contributed by atoms with Crippen molar-refractivity contribution in [1.82, 2.24) is 0 Å². The first-order chi connectivity index (χ1) is 16.1. The summed E-state index contributed by atoms with van der Waals surface area (Å²) in [5, 5.41) is 31.3. The van der Waals surface area contributed by atoms with Gasteiger partial charge in [-0.15, -0.1) is 0 Å². The smallest absolute Gasteiger partial charge is 0.331 e. The summed E-state index contributed by atoms with van der Waals surface area (Å²) in [6.45, 7) is 14.7. The van der Waals surface area contributed by atoms with Gasteiger partial charge < -0.3 is 15.3 Å². The number of hydrogen-bond donors (Lipinski definition) is 3. The molecule has 0 amide bonds. The molecule has 5 nitrogen and oxygen atoms in total. The molecule has 0 aromatic heterocycles. The molecule has 8 atom stereocenters. The molecule has 0 radical (unpaired) electrons. The van der Waals surface area contributed by atoms with Crippen molar-refractivity contribution in [1.29, 1.82) is 0 Å². The Balaban J connectivity index is 1.68. The molecule has 2 saturated carbocycles. The highest BCUT2D eigenvalue weighted by atomic mass is 16.4. The van der Waals surface area contributed by atoms with Gasteiger partial charge in [0.2, 0.25) is 0 Å². The van der Waals surface area contributed by atoms with E-state index in [-0.39, 0.29) is 39.6 Å². The minimum absolute atomic E-state index is 0.0649. The molecule has 0 bridgehead atoms. The second kappa shape index (κ2) is 8.41. The molecule has 194 valence electrons. The Morgan fingerprint density at radius 3 is 2.46 bits per heavy atom. The number of aliphatic hydroxyl groups is 2. The quantitative estimate of drug-likeness (QED) is 0.450. The van der Waals surface area contributed by atoms with E-state index in [0.717, 1.165) is 19.3 Å². The number of hydrogen-bond acceptors (Lipinski definition) is 4.